The molecule has 1 aromatic rings. The topological polar surface area (TPSA) is 16.4 Å². The second-order valence-electron chi connectivity index (χ2n) is 3.60. The van der Waals surface area contributed by atoms with E-state index >= 15 is 0 Å². The Morgan fingerprint density at radius 2 is 2.36 bits per heavy atom. The Labute approximate surface area is 90.8 Å². The standard InChI is InChI=1S/C11H18ClNO/c1-3-4-7-13(2)9-10(12)11-6-5-8-14-11/h5-6,8,10H,3-4,7,9H2,1-2H3. The van der Waals surface area contributed by atoms with Gasteiger partial charge in [-0.3, -0.25) is 0 Å². The van der Waals surface area contributed by atoms with Crippen LogP contribution >= 0.6 is 11.6 Å². The van der Waals surface area contributed by atoms with Crippen LogP contribution in [0.5, 0.6) is 0 Å². The fraction of sp³-hybridized carbons (Fsp3) is 0.636. The third-order valence-corrected chi connectivity index (χ3v) is 2.57. The number of likely N-dealkylation sites (N-methyl/N-ethyl adjacent to an activating group) is 1. The number of unbranched alkanes of at least 4 members (excludes halogenated alkanes) is 1. The first-order valence-corrected chi connectivity index (χ1v) is 5.53. The maximum absolute atomic E-state index is 6.19. The molecule has 14 heavy (non-hydrogen) atoms. The Balaban J connectivity index is 2.29. The number of hydrogen-bond acceptors (Lipinski definition) is 2. The average Bonchev–Trinajstić information content (AvgIpc) is 2.67. The molecule has 0 radical (unpaired) electrons. The molecule has 0 spiro atoms. The van der Waals surface area contributed by atoms with Crippen molar-refractivity contribution >= 4 is 11.6 Å². The van der Waals surface area contributed by atoms with E-state index in [9.17, 15) is 0 Å². The zero-order valence-corrected chi connectivity index (χ0v) is 9.63. The van der Waals surface area contributed by atoms with Crippen LogP contribution in [0.3, 0.4) is 0 Å². The molecule has 1 unspecified atom stereocenters. The van der Waals surface area contributed by atoms with Gasteiger partial charge >= 0.3 is 0 Å². The van der Waals surface area contributed by atoms with E-state index in [1.165, 1.54) is 12.8 Å². The maximum atomic E-state index is 6.19. The van der Waals surface area contributed by atoms with Gasteiger partial charge in [-0.2, -0.15) is 0 Å². The van der Waals surface area contributed by atoms with Crippen molar-refractivity contribution in [2.24, 2.45) is 0 Å². The summed E-state index contributed by atoms with van der Waals surface area (Å²) in [5.74, 6) is 0.856. The highest BCUT2D eigenvalue weighted by Gasteiger charge is 2.12. The zero-order chi connectivity index (χ0) is 10.4. The molecule has 0 aliphatic rings. The summed E-state index contributed by atoms with van der Waals surface area (Å²) in [5, 5.41) is -0.0353. The van der Waals surface area contributed by atoms with Crippen LogP contribution < -0.4 is 0 Å². The molecular formula is C11H18ClNO. The summed E-state index contributed by atoms with van der Waals surface area (Å²) in [6, 6.07) is 3.79. The van der Waals surface area contributed by atoms with E-state index in [2.05, 4.69) is 18.9 Å². The Hall–Kier alpha value is -0.470. The molecular weight excluding hydrogens is 198 g/mol. The first kappa shape index (κ1) is 11.6. The van der Waals surface area contributed by atoms with E-state index in [0.29, 0.717) is 0 Å². The van der Waals surface area contributed by atoms with E-state index < -0.39 is 0 Å². The van der Waals surface area contributed by atoms with Crippen LogP contribution in [0.4, 0.5) is 0 Å². The van der Waals surface area contributed by atoms with Crippen LogP contribution in [-0.2, 0) is 0 Å². The lowest BCUT2D eigenvalue weighted by Gasteiger charge is -2.18. The molecule has 0 saturated heterocycles. The Morgan fingerprint density at radius 3 is 2.93 bits per heavy atom. The Bertz CT molecular complexity index is 235. The summed E-state index contributed by atoms with van der Waals surface area (Å²) in [7, 11) is 2.09. The molecule has 2 nitrogen and oxygen atoms in total. The minimum absolute atomic E-state index is 0.0353. The molecule has 0 bridgehead atoms. The monoisotopic (exact) mass is 215 g/mol. The summed E-state index contributed by atoms with van der Waals surface area (Å²) >= 11 is 6.19. The first-order valence-electron chi connectivity index (χ1n) is 5.10. The predicted octanol–water partition coefficient (Wildman–Crippen LogP) is 3.29. The molecule has 1 atom stereocenters. The lowest BCUT2D eigenvalue weighted by Crippen LogP contribution is -2.23. The van der Waals surface area contributed by atoms with Gasteiger partial charge < -0.3 is 9.32 Å². The Morgan fingerprint density at radius 1 is 1.57 bits per heavy atom. The smallest absolute Gasteiger partial charge is 0.122 e. The van der Waals surface area contributed by atoms with Crippen molar-refractivity contribution in [2.75, 3.05) is 20.1 Å². The van der Waals surface area contributed by atoms with Crippen molar-refractivity contribution in [3.8, 4) is 0 Å². The molecule has 0 amide bonds. The number of furan rings is 1. The molecule has 3 heteroatoms. The van der Waals surface area contributed by atoms with Gasteiger partial charge in [0.1, 0.15) is 11.1 Å². The third kappa shape index (κ3) is 3.72. The maximum Gasteiger partial charge on any atom is 0.122 e. The quantitative estimate of drug-likeness (QED) is 0.678. The fourth-order valence-corrected chi connectivity index (χ4v) is 1.71. The van der Waals surface area contributed by atoms with Crippen molar-refractivity contribution in [1.82, 2.24) is 4.90 Å². The minimum atomic E-state index is -0.0353. The van der Waals surface area contributed by atoms with Crippen molar-refractivity contribution in [3.63, 3.8) is 0 Å². The van der Waals surface area contributed by atoms with E-state index in [1.807, 2.05) is 12.1 Å². The van der Waals surface area contributed by atoms with Crippen molar-refractivity contribution in [2.45, 2.75) is 25.1 Å². The summed E-state index contributed by atoms with van der Waals surface area (Å²) in [6.07, 6.45) is 4.10. The highest BCUT2D eigenvalue weighted by Crippen LogP contribution is 2.21. The second kappa shape index (κ2) is 6.10. The number of halogens is 1. The molecule has 0 fully saturated rings. The molecule has 0 saturated carbocycles. The van der Waals surface area contributed by atoms with E-state index in [0.717, 1.165) is 18.8 Å². The zero-order valence-electron chi connectivity index (χ0n) is 8.87. The van der Waals surface area contributed by atoms with Crippen LogP contribution in [0.1, 0.15) is 30.9 Å². The normalized spacial score (nSPS) is 13.4. The molecule has 1 heterocycles. The molecule has 1 aromatic heterocycles. The van der Waals surface area contributed by atoms with Gasteiger partial charge in [-0.1, -0.05) is 13.3 Å². The molecule has 0 N–H and O–H groups in total. The van der Waals surface area contributed by atoms with Gasteiger partial charge in [0, 0.05) is 6.54 Å². The second-order valence-corrected chi connectivity index (χ2v) is 4.13. The lowest BCUT2D eigenvalue weighted by atomic mass is 10.3. The van der Waals surface area contributed by atoms with Gasteiger partial charge in [-0.05, 0) is 32.1 Å². The summed E-state index contributed by atoms with van der Waals surface area (Å²) in [5.41, 5.74) is 0. The molecule has 0 aromatic carbocycles. The van der Waals surface area contributed by atoms with Crippen molar-refractivity contribution in [3.05, 3.63) is 24.2 Å². The van der Waals surface area contributed by atoms with Crippen LogP contribution in [-0.4, -0.2) is 25.0 Å². The molecule has 0 aliphatic carbocycles. The summed E-state index contributed by atoms with van der Waals surface area (Å²) < 4.78 is 5.24. The molecule has 1 rings (SSSR count). The molecule has 0 aliphatic heterocycles. The number of rotatable bonds is 6. The summed E-state index contributed by atoms with van der Waals surface area (Å²) in [4.78, 5) is 2.24. The SMILES string of the molecule is CCCCN(C)CC(Cl)c1ccco1. The van der Waals surface area contributed by atoms with Gasteiger partial charge in [0.15, 0.2) is 0 Å². The van der Waals surface area contributed by atoms with E-state index in [1.54, 1.807) is 6.26 Å². The van der Waals surface area contributed by atoms with Gasteiger partial charge in [0.25, 0.3) is 0 Å². The summed E-state index contributed by atoms with van der Waals surface area (Å²) in [6.45, 7) is 4.13. The lowest BCUT2D eigenvalue weighted by molar-refractivity contribution is 0.316. The van der Waals surface area contributed by atoms with Crippen LogP contribution in [0.2, 0.25) is 0 Å². The highest BCUT2D eigenvalue weighted by molar-refractivity contribution is 6.20. The number of nitrogens with zero attached hydrogens (tertiary/aromatic N) is 1. The number of hydrogen-bond donors (Lipinski definition) is 0. The third-order valence-electron chi connectivity index (χ3n) is 2.22. The highest BCUT2D eigenvalue weighted by atomic mass is 35.5. The van der Waals surface area contributed by atoms with E-state index in [4.69, 9.17) is 16.0 Å². The largest absolute Gasteiger partial charge is 0.468 e. The van der Waals surface area contributed by atoms with Crippen LogP contribution in [0.15, 0.2) is 22.8 Å². The minimum Gasteiger partial charge on any atom is -0.468 e. The fourth-order valence-electron chi connectivity index (χ4n) is 1.35. The van der Waals surface area contributed by atoms with Gasteiger partial charge in [0.2, 0.25) is 0 Å². The van der Waals surface area contributed by atoms with Gasteiger partial charge in [0.05, 0.1) is 6.26 Å². The predicted molar refractivity (Wildman–Crippen MR) is 59.7 cm³/mol. The molecule has 80 valence electrons. The van der Waals surface area contributed by atoms with Crippen LogP contribution in [0, 0.1) is 0 Å². The average molecular weight is 216 g/mol. The van der Waals surface area contributed by atoms with Crippen molar-refractivity contribution < 1.29 is 4.42 Å². The van der Waals surface area contributed by atoms with Crippen LogP contribution in [0.25, 0.3) is 0 Å². The first-order chi connectivity index (χ1) is 6.74. The van der Waals surface area contributed by atoms with Gasteiger partial charge in [-0.15, -0.1) is 11.6 Å². The van der Waals surface area contributed by atoms with Gasteiger partial charge in [-0.25, -0.2) is 0 Å². The van der Waals surface area contributed by atoms with Crippen molar-refractivity contribution in [1.29, 1.82) is 0 Å². The van der Waals surface area contributed by atoms with E-state index in [-0.39, 0.29) is 5.38 Å². The number of alkyl halides is 1. The Kier molecular flexibility index (Phi) is 5.05.